The fraction of sp³-hybridized carbons (Fsp3) is 0.833. The van der Waals surface area contributed by atoms with Crippen LogP contribution in [0.1, 0.15) is 52.9 Å². The number of carbonyl (C=O) groups is 2. The Labute approximate surface area is 92.2 Å². The third kappa shape index (κ3) is 8.16. The number of ketones is 1. The Morgan fingerprint density at radius 3 is 2.40 bits per heavy atom. The van der Waals surface area contributed by atoms with E-state index in [1.54, 1.807) is 6.92 Å². The lowest BCUT2D eigenvalue weighted by Crippen LogP contribution is -2.06. The van der Waals surface area contributed by atoms with Crippen molar-refractivity contribution in [2.45, 2.75) is 52.9 Å². The smallest absolute Gasteiger partial charge is 0.305 e. The molecule has 0 saturated heterocycles. The number of rotatable bonds is 8. The van der Waals surface area contributed by atoms with Gasteiger partial charge in [0.05, 0.1) is 6.61 Å². The zero-order chi connectivity index (χ0) is 11.7. The molecule has 15 heavy (non-hydrogen) atoms. The van der Waals surface area contributed by atoms with E-state index in [9.17, 15) is 9.59 Å². The van der Waals surface area contributed by atoms with Gasteiger partial charge in [-0.2, -0.15) is 0 Å². The molecule has 0 fully saturated rings. The highest BCUT2D eigenvalue weighted by Gasteiger charge is 2.07. The van der Waals surface area contributed by atoms with E-state index < -0.39 is 0 Å². The number of carbonyl (C=O) groups excluding carboxylic acids is 2. The molecule has 0 aliphatic carbocycles. The van der Waals surface area contributed by atoms with Crippen LogP contribution in [0.3, 0.4) is 0 Å². The van der Waals surface area contributed by atoms with Gasteiger partial charge in [0.25, 0.3) is 0 Å². The van der Waals surface area contributed by atoms with Crippen LogP contribution in [-0.2, 0) is 14.3 Å². The van der Waals surface area contributed by atoms with Crippen LogP contribution in [0.5, 0.6) is 0 Å². The van der Waals surface area contributed by atoms with Crippen LogP contribution in [0.2, 0.25) is 0 Å². The third-order valence-electron chi connectivity index (χ3n) is 2.52. The van der Waals surface area contributed by atoms with Crippen molar-refractivity contribution in [2.75, 3.05) is 6.61 Å². The second-order valence-electron chi connectivity index (χ2n) is 3.92. The van der Waals surface area contributed by atoms with E-state index >= 15 is 0 Å². The van der Waals surface area contributed by atoms with E-state index in [4.69, 9.17) is 4.74 Å². The minimum absolute atomic E-state index is 0.114. The van der Waals surface area contributed by atoms with Crippen molar-refractivity contribution in [3.05, 3.63) is 0 Å². The molecular weight excluding hydrogens is 192 g/mol. The highest BCUT2D eigenvalue weighted by Crippen LogP contribution is 2.11. The zero-order valence-electron chi connectivity index (χ0n) is 10.0. The lowest BCUT2D eigenvalue weighted by molar-refractivity contribution is -0.143. The number of ether oxygens (including phenoxy) is 1. The van der Waals surface area contributed by atoms with E-state index in [2.05, 4.69) is 0 Å². The Morgan fingerprint density at radius 1 is 1.20 bits per heavy atom. The van der Waals surface area contributed by atoms with Crippen molar-refractivity contribution in [3.8, 4) is 0 Å². The monoisotopic (exact) mass is 214 g/mol. The molecule has 0 spiro atoms. The average Bonchev–Trinajstić information content (AvgIpc) is 2.17. The van der Waals surface area contributed by atoms with Crippen LogP contribution >= 0.6 is 0 Å². The fourth-order valence-corrected chi connectivity index (χ4v) is 1.33. The van der Waals surface area contributed by atoms with Crippen LogP contribution in [0.4, 0.5) is 0 Å². The summed E-state index contributed by atoms with van der Waals surface area (Å²) < 4.78 is 4.81. The van der Waals surface area contributed by atoms with E-state index in [-0.39, 0.29) is 17.7 Å². The van der Waals surface area contributed by atoms with E-state index in [0.717, 1.165) is 25.7 Å². The molecule has 1 unspecified atom stereocenters. The minimum Gasteiger partial charge on any atom is -0.466 e. The van der Waals surface area contributed by atoms with Crippen LogP contribution in [0.25, 0.3) is 0 Å². The molecule has 0 N–H and O–H groups in total. The van der Waals surface area contributed by atoms with Gasteiger partial charge in [-0.15, -0.1) is 0 Å². The molecule has 0 amide bonds. The van der Waals surface area contributed by atoms with Gasteiger partial charge in [0.1, 0.15) is 5.78 Å². The largest absolute Gasteiger partial charge is 0.466 e. The molecule has 0 heterocycles. The summed E-state index contributed by atoms with van der Waals surface area (Å²) in [5.74, 6) is 0.296. The van der Waals surface area contributed by atoms with Gasteiger partial charge >= 0.3 is 5.97 Å². The highest BCUT2D eigenvalue weighted by atomic mass is 16.5. The van der Waals surface area contributed by atoms with Crippen molar-refractivity contribution in [2.24, 2.45) is 5.92 Å². The quantitative estimate of drug-likeness (QED) is 0.461. The molecule has 0 aromatic carbocycles. The first-order valence-electron chi connectivity index (χ1n) is 5.74. The second-order valence-corrected chi connectivity index (χ2v) is 3.92. The molecule has 0 aromatic rings. The van der Waals surface area contributed by atoms with E-state index in [0.29, 0.717) is 13.0 Å². The molecule has 88 valence electrons. The van der Waals surface area contributed by atoms with Crippen molar-refractivity contribution in [1.82, 2.24) is 0 Å². The lowest BCUT2D eigenvalue weighted by atomic mass is 9.99. The first-order chi connectivity index (χ1) is 7.07. The molecular formula is C12H22O3. The molecule has 0 radical (unpaired) electrons. The van der Waals surface area contributed by atoms with Gasteiger partial charge in [-0.3, -0.25) is 9.59 Å². The summed E-state index contributed by atoms with van der Waals surface area (Å²) in [6.45, 7) is 5.85. The van der Waals surface area contributed by atoms with Gasteiger partial charge < -0.3 is 4.74 Å². The first kappa shape index (κ1) is 14.1. The van der Waals surface area contributed by atoms with Crippen molar-refractivity contribution in [1.29, 1.82) is 0 Å². The van der Waals surface area contributed by atoms with Gasteiger partial charge in [0.15, 0.2) is 0 Å². The van der Waals surface area contributed by atoms with E-state index in [1.165, 1.54) is 0 Å². The molecule has 3 nitrogen and oxygen atoms in total. The number of hydrogen-bond donors (Lipinski definition) is 0. The molecule has 0 aromatic heterocycles. The topological polar surface area (TPSA) is 43.4 Å². The maximum absolute atomic E-state index is 11.0. The normalized spacial score (nSPS) is 12.2. The SMILES string of the molecule is CCOC(=O)CCCCCC(C)C(C)=O. The molecule has 0 aliphatic heterocycles. The minimum atomic E-state index is -0.114. The molecule has 0 bridgehead atoms. The Bertz CT molecular complexity index is 199. The first-order valence-corrected chi connectivity index (χ1v) is 5.74. The summed E-state index contributed by atoms with van der Waals surface area (Å²) in [6, 6.07) is 0. The zero-order valence-corrected chi connectivity index (χ0v) is 10.0. The van der Waals surface area contributed by atoms with Crippen LogP contribution in [0, 0.1) is 5.92 Å². The summed E-state index contributed by atoms with van der Waals surface area (Å²) in [4.78, 5) is 21.9. The molecule has 0 aliphatic rings. The molecule has 0 rings (SSSR count). The molecule has 3 heteroatoms. The average molecular weight is 214 g/mol. The van der Waals surface area contributed by atoms with Crippen LogP contribution in [-0.4, -0.2) is 18.4 Å². The fourth-order valence-electron chi connectivity index (χ4n) is 1.33. The Balaban J connectivity index is 3.32. The Hall–Kier alpha value is -0.860. The van der Waals surface area contributed by atoms with Crippen LogP contribution < -0.4 is 0 Å². The number of esters is 1. The van der Waals surface area contributed by atoms with Gasteiger partial charge in [-0.1, -0.05) is 19.8 Å². The summed E-state index contributed by atoms with van der Waals surface area (Å²) in [6.07, 6.45) is 4.31. The summed E-state index contributed by atoms with van der Waals surface area (Å²) >= 11 is 0. The maximum atomic E-state index is 11.0. The number of hydrogen-bond acceptors (Lipinski definition) is 3. The van der Waals surface area contributed by atoms with Gasteiger partial charge in [-0.05, 0) is 26.7 Å². The van der Waals surface area contributed by atoms with Gasteiger partial charge in [0.2, 0.25) is 0 Å². The standard InChI is InChI=1S/C12H22O3/c1-4-15-12(14)9-7-5-6-8-10(2)11(3)13/h10H,4-9H2,1-3H3. The number of unbranched alkanes of at least 4 members (excludes halogenated alkanes) is 2. The Morgan fingerprint density at radius 2 is 1.87 bits per heavy atom. The molecule has 1 atom stereocenters. The Kier molecular flexibility index (Phi) is 7.96. The lowest BCUT2D eigenvalue weighted by Gasteiger charge is -2.06. The van der Waals surface area contributed by atoms with Crippen molar-refractivity contribution >= 4 is 11.8 Å². The van der Waals surface area contributed by atoms with Crippen LogP contribution in [0.15, 0.2) is 0 Å². The predicted molar refractivity (Wildman–Crippen MR) is 59.6 cm³/mol. The highest BCUT2D eigenvalue weighted by molar-refractivity contribution is 5.77. The van der Waals surface area contributed by atoms with Gasteiger partial charge in [0, 0.05) is 12.3 Å². The summed E-state index contributed by atoms with van der Waals surface area (Å²) in [5, 5.41) is 0. The van der Waals surface area contributed by atoms with Crippen molar-refractivity contribution < 1.29 is 14.3 Å². The number of Topliss-reactive ketones (excluding diaryl/α,β-unsaturated/α-hetero) is 1. The maximum Gasteiger partial charge on any atom is 0.305 e. The van der Waals surface area contributed by atoms with Gasteiger partial charge in [-0.25, -0.2) is 0 Å². The van der Waals surface area contributed by atoms with E-state index in [1.807, 2.05) is 13.8 Å². The summed E-state index contributed by atoms with van der Waals surface area (Å²) in [5.41, 5.74) is 0. The predicted octanol–water partition coefficient (Wildman–Crippen LogP) is 2.73. The second kappa shape index (κ2) is 8.45. The van der Waals surface area contributed by atoms with Crippen molar-refractivity contribution in [3.63, 3.8) is 0 Å². The molecule has 0 saturated carbocycles. The third-order valence-corrected chi connectivity index (χ3v) is 2.52. The summed E-state index contributed by atoms with van der Waals surface area (Å²) in [7, 11) is 0.